The van der Waals surface area contributed by atoms with Crippen LogP contribution in [-0.2, 0) is 4.79 Å². The lowest BCUT2D eigenvalue weighted by atomic mass is 10.1. The Morgan fingerprint density at radius 2 is 2.00 bits per heavy atom. The van der Waals surface area contributed by atoms with Gasteiger partial charge in [-0.25, -0.2) is 8.78 Å². The number of amides is 1. The highest BCUT2D eigenvalue weighted by Crippen LogP contribution is 2.34. The van der Waals surface area contributed by atoms with Gasteiger partial charge in [0.25, 0.3) is 11.8 Å². The van der Waals surface area contributed by atoms with Crippen molar-refractivity contribution in [3.63, 3.8) is 0 Å². The minimum absolute atomic E-state index is 0.0265. The van der Waals surface area contributed by atoms with E-state index in [1.165, 1.54) is 18.2 Å². The van der Waals surface area contributed by atoms with Gasteiger partial charge in [-0.3, -0.25) is 9.69 Å². The van der Waals surface area contributed by atoms with Crippen LogP contribution >= 0.6 is 0 Å². The van der Waals surface area contributed by atoms with E-state index in [1.807, 2.05) is 24.0 Å². The Balaban J connectivity index is 1.39. The number of hydrogen-bond acceptors (Lipinski definition) is 5. The summed E-state index contributed by atoms with van der Waals surface area (Å²) in [5, 5.41) is 5.84. The molecule has 192 valence electrons. The van der Waals surface area contributed by atoms with Gasteiger partial charge < -0.3 is 20.1 Å². The van der Waals surface area contributed by atoms with Crippen molar-refractivity contribution < 1.29 is 31.8 Å². The van der Waals surface area contributed by atoms with E-state index in [4.69, 9.17) is 4.74 Å². The van der Waals surface area contributed by atoms with Gasteiger partial charge in [0.15, 0.2) is 6.10 Å². The van der Waals surface area contributed by atoms with E-state index in [0.717, 1.165) is 5.56 Å². The summed E-state index contributed by atoms with van der Waals surface area (Å²) in [5.41, 5.74) is 2.51. The third-order valence-electron chi connectivity index (χ3n) is 5.83. The number of nitrogens with zero attached hydrogens (tertiary/aromatic N) is 1. The first-order valence-corrected chi connectivity index (χ1v) is 11.6. The highest BCUT2D eigenvalue weighted by molar-refractivity contribution is 5.96. The molecule has 2 aromatic rings. The van der Waals surface area contributed by atoms with Crippen molar-refractivity contribution in [3.8, 4) is 23.3 Å². The maximum atomic E-state index is 13.3. The molecule has 2 aliphatic heterocycles. The molecule has 2 heterocycles. The summed E-state index contributed by atoms with van der Waals surface area (Å²) in [6.45, 7) is 3.62. The Hall–Kier alpha value is -3.45. The van der Waals surface area contributed by atoms with E-state index in [2.05, 4.69) is 27.2 Å². The number of nitrogens with one attached hydrogen (secondary N) is 2. The molecule has 0 aliphatic carbocycles. The molecule has 0 saturated carbocycles. The van der Waals surface area contributed by atoms with Crippen molar-refractivity contribution in [2.75, 3.05) is 36.8 Å². The molecule has 2 N–H and O–H groups in total. The van der Waals surface area contributed by atoms with Crippen molar-refractivity contribution in [2.24, 2.45) is 0 Å². The molecule has 2 aliphatic rings. The largest absolute Gasteiger partial charge is 0.477 e. The van der Waals surface area contributed by atoms with Gasteiger partial charge in [0.2, 0.25) is 0 Å². The Morgan fingerprint density at radius 3 is 2.72 bits per heavy atom. The Labute approximate surface area is 206 Å². The second-order valence-electron chi connectivity index (χ2n) is 9.03. The summed E-state index contributed by atoms with van der Waals surface area (Å²) in [6.07, 6.45) is -4.52. The zero-order valence-corrected chi connectivity index (χ0v) is 20.0. The topological polar surface area (TPSA) is 62.8 Å². The smallest absolute Gasteiger partial charge is 0.394 e. The van der Waals surface area contributed by atoms with E-state index in [0.29, 0.717) is 49.2 Å². The number of benzene rings is 2. The lowest BCUT2D eigenvalue weighted by molar-refractivity contribution is -0.158. The molecule has 0 aromatic heterocycles. The van der Waals surface area contributed by atoms with Gasteiger partial charge in [0, 0.05) is 44.5 Å². The summed E-state index contributed by atoms with van der Waals surface area (Å²) in [7, 11) is 0. The van der Waals surface area contributed by atoms with Gasteiger partial charge in [-0.15, -0.1) is 0 Å². The summed E-state index contributed by atoms with van der Waals surface area (Å²) in [6, 6.07) is 9.62. The van der Waals surface area contributed by atoms with E-state index in [1.54, 1.807) is 6.07 Å². The molecule has 1 unspecified atom stereocenters. The standard InChI is InChI=1S/C26H27F4N3O3/c1-17-5-7-20(18(14-17)4-3-11-33-12-9-26(29,30)10-13-33)32-24(34)23-16-31-21-15-19(36-25(2,27)28)6-8-22(21)35-23/h5-8,14-15,23,31H,9-13,16H2,1-2H3,(H,32,34). The molecule has 1 fully saturated rings. The van der Waals surface area contributed by atoms with Crippen LogP contribution in [0.25, 0.3) is 0 Å². The van der Waals surface area contributed by atoms with Crippen molar-refractivity contribution in [1.82, 2.24) is 4.90 Å². The van der Waals surface area contributed by atoms with Crippen LogP contribution in [0.2, 0.25) is 0 Å². The predicted octanol–water partition coefficient (Wildman–Crippen LogP) is 4.88. The van der Waals surface area contributed by atoms with Crippen molar-refractivity contribution in [3.05, 3.63) is 47.5 Å². The molecule has 1 amide bonds. The number of aryl methyl sites for hydroxylation is 1. The fraction of sp³-hybridized carbons (Fsp3) is 0.423. The Kier molecular flexibility index (Phi) is 7.31. The number of rotatable bonds is 5. The number of alkyl halides is 4. The molecule has 10 heteroatoms. The van der Waals surface area contributed by atoms with E-state index in [-0.39, 0.29) is 25.1 Å². The summed E-state index contributed by atoms with van der Waals surface area (Å²) in [5.74, 6) is 3.37. The third kappa shape index (κ3) is 6.82. The molecule has 0 bridgehead atoms. The van der Waals surface area contributed by atoms with Gasteiger partial charge in [-0.2, -0.15) is 8.78 Å². The highest BCUT2D eigenvalue weighted by atomic mass is 19.3. The average Bonchev–Trinajstić information content (AvgIpc) is 2.80. The maximum absolute atomic E-state index is 13.3. The molecule has 0 radical (unpaired) electrons. The number of hydrogen-bond donors (Lipinski definition) is 2. The van der Waals surface area contributed by atoms with Crippen LogP contribution in [-0.4, -0.2) is 55.1 Å². The van der Waals surface area contributed by atoms with E-state index >= 15 is 0 Å². The molecule has 1 atom stereocenters. The van der Waals surface area contributed by atoms with Crippen molar-refractivity contribution >= 4 is 17.3 Å². The van der Waals surface area contributed by atoms with Gasteiger partial charge in [0.05, 0.1) is 24.5 Å². The van der Waals surface area contributed by atoms with Gasteiger partial charge in [-0.05, 0) is 36.8 Å². The zero-order chi connectivity index (χ0) is 25.9. The molecule has 4 rings (SSSR count). The van der Waals surface area contributed by atoms with Crippen LogP contribution in [0.4, 0.5) is 28.9 Å². The molecule has 2 aromatic carbocycles. The molecule has 36 heavy (non-hydrogen) atoms. The summed E-state index contributed by atoms with van der Waals surface area (Å²) in [4.78, 5) is 14.8. The zero-order valence-electron chi connectivity index (χ0n) is 20.0. The first-order chi connectivity index (χ1) is 17.0. The Morgan fingerprint density at radius 1 is 1.25 bits per heavy atom. The second-order valence-corrected chi connectivity index (χ2v) is 9.03. The number of ether oxygens (including phenoxy) is 2. The fourth-order valence-corrected chi connectivity index (χ4v) is 3.93. The van der Waals surface area contributed by atoms with Crippen LogP contribution in [0.3, 0.4) is 0 Å². The number of carbonyl (C=O) groups is 1. The summed E-state index contributed by atoms with van der Waals surface area (Å²) < 4.78 is 63.2. The van der Waals surface area contributed by atoms with Crippen molar-refractivity contribution in [2.45, 2.75) is 44.8 Å². The maximum Gasteiger partial charge on any atom is 0.394 e. The number of halogens is 4. The highest BCUT2D eigenvalue weighted by Gasteiger charge is 2.33. The second kappa shape index (κ2) is 10.3. The quantitative estimate of drug-likeness (QED) is 0.448. The van der Waals surface area contributed by atoms with Crippen LogP contribution < -0.4 is 20.1 Å². The molecular weight excluding hydrogens is 478 g/mol. The number of fused-ring (bicyclic) bond motifs is 1. The SMILES string of the molecule is Cc1ccc(NC(=O)C2CNc3cc(OC(C)(F)F)ccc3O2)c(C#CCN2CCC(F)(F)CC2)c1. The predicted molar refractivity (Wildman–Crippen MR) is 128 cm³/mol. The van der Waals surface area contributed by atoms with E-state index in [9.17, 15) is 22.4 Å². The number of carbonyl (C=O) groups excluding carboxylic acids is 1. The molecule has 6 nitrogen and oxygen atoms in total. The Bertz CT molecular complexity index is 1180. The average molecular weight is 506 g/mol. The lowest BCUT2D eigenvalue weighted by Crippen LogP contribution is -2.41. The van der Waals surface area contributed by atoms with E-state index < -0.39 is 24.0 Å². The van der Waals surface area contributed by atoms with Gasteiger partial charge >= 0.3 is 6.11 Å². The lowest BCUT2D eigenvalue weighted by Gasteiger charge is -2.30. The minimum Gasteiger partial charge on any atom is -0.477 e. The fourth-order valence-electron chi connectivity index (χ4n) is 3.93. The number of anilines is 2. The van der Waals surface area contributed by atoms with Crippen LogP contribution in [0.5, 0.6) is 11.5 Å². The van der Waals surface area contributed by atoms with Crippen LogP contribution in [0, 0.1) is 18.8 Å². The van der Waals surface area contributed by atoms with Gasteiger partial charge in [0.1, 0.15) is 11.5 Å². The summed E-state index contributed by atoms with van der Waals surface area (Å²) >= 11 is 0. The van der Waals surface area contributed by atoms with Crippen LogP contribution in [0.15, 0.2) is 36.4 Å². The third-order valence-corrected chi connectivity index (χ3v) is 5.83. The monoisotopic (exact) mass is 505 g/mol. The normalized spacial score (nSPS) is 19.1. The molecule has 1 saturated heterocycles. The number of piperidine rings is 1. The molecule has 0 spiro atoms. The first kappa shape index (κ1) is 25.6. The van der Waals surface area contributed by atoms with Crippen molar-refractivity contribution in [1.29, 1.82) is 0 Å². The first-order valence-electron chi connectivity index (χ1n) is 11.6. The number of likely N-dealkylation sites (tertiary alicyclic amines) is 1. The molecular formula is C26H27F4N3O3. The van der Waals surface area contributed by atoms with Gasteiger partial charge in [-0.1, -0.05) is 17.9 Å². The minimum atomic E-state index is -3.32. The van der Waals surface area contributed by atoms with Crippen LogP contribution in [0.1, 0.15) is 30.9 Å².